The minimum atomic E-state index is -0.232. The Balaban J connectivity index is 1.53. The number of carbonyl (C=O) groups is 1. The molecule has 3 aromatic rings. The predicted molar refractivity (Wildman–Crippen MR) is 120 cm³/mol. The lowest BCUT2D eigenvalue weighted by atomic mass is 9.92. The van der Waals surface area contributed by atoms with Crippen molar-refractivity contribution in [2.24, 2.45) is 5.92 Å². The summed E-state index contributed by atoms with van der Waals surface area (Å²) < 4.78 is 16.5. The van der Waals surface area contributed by atoms with Crippen molar-refractivity contribution in [3.8, 4) is 11.5 Å². The summed E-state index contributed by atoms with van der Waals surface area (Å²) in [6.45, 7) is 6.68. The molecule has 2 aromatic heterocycles. The Morgan fingerprint density at radius 1 is 1.16 bits per heavy atom. The van der Waals surface area contributed by atoms with Gasteiger partial charge in [-0.2, -0.15) is 0 Å². The number of fused-ring (bicyclic) bond motifs is 1. The molecule has 1 saturated heterocycles. The van der Waals surface area contributed by atoms with Crippen LogP contribution in [-0.2, 0) is 0 Å². The lowest BCUT2D eigenvalue weighted by molar-refractivity contribution is 0.0996. The summed E-state index contributed by atoms with van der Waals surface area (Å²) in [6, 6.07) is 11.8. The number of furan rings is 1. The summed E-state index contributed by atoms with van der Waals surface area (Å²) >= 11 is 1.60. The van der Waals surface area contributed by atoms with Crippen LogP contribution in [0, 0.1) is 12.8 Å². The van der Waals surface area contributed by atoms with Gasteiger partial charge in [-0.05, 0) is 74.7 Å². The molecule has 1 atom stereocenters. The number of rotatable bonds is 5. The van der Waals surface area contributed by atoms with Crippen molar-refractivity contribution in [2.75, 3.05) is 25.2 Å². The van der Waals surface area contributed by atoms with Gasteiger partial charge in [-0.3, -0.25) is 9.69 Å². The van der Waals surface area contributed by atoms with E-state index in [1.807, 2.05) is 6.07 Å². The first kappa shape index (κ1) is 20.2. The number of hydrogen-bond donors (Lipinski definition) is 1. The van der Waals surface area contributed by atoms with Crippen LogP contribution in [0.1, 0.15) is 52.4 Å². The maximum Gasteiger partial charge on any atom is 0.291 e. The standard InChI is InChI=1S/C24H26N2O4S/c1-15-7-9-26(10-8-15)22(17-5-6-19-21(13-17)30-14-29-19)18-12-16(2)31-24(18)25-23(27)20-4-3-11-28-20/h3-6,11-13,15,22H,7-10,14H2,1-2H3,(H,25,27). The van der Waals surface area contributed by atoms with E-state index in [4.69, 9.17) is 13.9 Å². The highest BCUT2D eigenvalue weighted by atomic mass is 32.1. The topological polar surface area (TPSA) is 63.9 Å². The van der Waals surface area contributed by atoms with Gasteiger partial charge in [-0.1, -0.05) is 13.0 Å². The zero-order valence-electron chi connectivity index (χ0n) is 17.7. The van der Waals surface area contributed by atoms with Gasteiger partial charge >= 0.3 is 0 Å². The molecule has 0 radical (unpaired) electrons. The highest BCUT2D eigenvalue weighted by Crippen LogP contribution is 2.43. The molecular formula is C24H26N2O4S. The Bertz CT molecular complexity index is 1070. The van der Waals surface area contributed by atoms with Crippen LogP contribution < -0.4 is 14.8 Å². The Hall–Kier alpha value is -2.77. The number of thiophene rings is 1. The van der Waals surface area contributed by atoms with Crippen molar-refractivity contribution in [1.29, 1.82) is 0 Å². The first-order chi connectivity index (χ1) is 15.1. The molecule has 0 aliphatic carbocycles. The van der Waals surface area contributed by atoms with Crippen LogP contribution >= 0.6 is 11.3 Å². The van der Waals surface area contributed by atoms with E-state index in [0.29, 0.717) is 5.76 Å². The SMILES string of the molecule is Cc1cc(C(c2ccc3c(c2)OCO3)N2CCC(C)CC2)c(NC(=O)c2ccco2)s1. The molecule has 2 aliphatic heterocycles. The second-order valence-corrected chi connectivity index (χ2v) is 9.56. The molecule has 1 amide bonds. The minimum Gasteiger partial charge on any atom is -0.459 e. The zero-order chi connectivity index (χ0) is 21.4. The van der Waals surface area contributed by atoms with Crippen LogP contribution in [0.4, 0.5) is 5.00 Å². The third kappa shape index (κ3) is 4.07. The Morgan fingerprint density at radius 3 is 2.74 bits per heavy atom. The molecule has 1 aromatic carbocycles. The van der Waals surface area contributed by atoms with Crippen LogP contribution in [0.3, 0.4) is 0 Å². The minimum absolute atomic E-state index is 0.0267. The summed E-state index contributed by atoms with van der Waals surface area (Å²) in [4.78, 5) is 16.4. The number of likely N-dealkylation sites (tertiary alicyclic amines) is 1. The van der Waals surface area contributed by atoms with Crippen LogP contribution in [0.25, 0.3) is 0 Å². The number of anilines is 1. The monoisotopic (exact) mass is 438 g/mol. The molecular weight excluding hydrogens is 412 g/mol. The smallest absolute Gasteiger partial charge is 0.291 e. The van der Waals surface area contributed by atoms with Gasteiger partial charge in [0.25, 0.3) is 5.91 Å². The van der Waals surface area contributed by atoms with Crippen LogP contribution in [0.2, 0.25) is 0 Å². The van der Waals surface area contributed by atoms with Crippen molar-refractivity contribution in [3.05, 3.63) is 64.4 Å². The molecule has 7 heteroatoms. The molecule has 31 heavy (non-hydrogen) atoms. The van der Waals surface area contributed by atoms with Crippen molar-refractivity contribution in [1.82, 2.24) is 4.90 Å². The molecule has 1 fully saturated rings. The van der Waals surface area contributed by atoms with Gasteiger partial charge in [-0.25, -0.2) is 0 Å². The molecule has 5 rings (SSSR count). The van der Waals surface area contributed by atoms with Gasteiger partial charge in [-0.15, -0.1) is 11.3 Å². The number of ether oxygens (including phenoxy) is 2. The lowest BCUT2D eigenvalue weighted by Gasteiger charge is -2.37. The van der Waals surface area contributed by atoms with Crippen molar-refractivity contribution >= 4 is 22.2 Å². The number of nitrogens with zero attached hydrogens (tertiary/aromatic N) is 1. The van der Waals surface area contributed by atoms with E-state index in [0.717, 1.165) is 64.4 Å². The normalized spacial score (nSPS) is 17.6. The maximum absolute atomic E-state index is 12.7. The zero-order valence-corrected chi connectivity index (χ0v) is 18.5. The Labute approximate surface area is 185 Å². The van der Waals surface area contributed by atoms with Crippen LogP contribution in [-0.4, -0.2) is 30.7 Å². The molecule has 0 spiro atoms. The van der Waals surface area contributed by atoms with Gasteiger partial charge < -0.3 is 19.2 Å². The van der Waals surface area contributed by atoms with Crippen molar-refractivity contribution < 1.29 is 18.7 Å². The summed E-state index contributed by atoms with van der Waals surface area (Å²) in [5.41, 5.74) is 2.25. The van der Waals surface area contributed by atoms with Crippen LogP contribution in [0.5, 0.6) is 11.5 Å². The second-order valence-electron chi connectivity index (χ2n) is 8.31. The number of aryl methyl sites for hydroxylation is 1. The molecule has 4 heterocycles. The average Bonchev–Trinajstić information content (AvgIpc) is 3.51. The third-order valence-electron chi connectivity index (χ3n) is 6.05. The quantitative estimate of drug-likeness (QED) is 0.574. The van der Waals surface area contributed by atoms with Gasteiger partial charge in [0, 0.05) is 10.4 Å². The number of benzene rings is 1. The predicted octanol–water partition coefficient (Wildman–Crippen LogP) is 5.45. The summed E-state index contributed by atoms with van der Waals surface area (Å²) in [5.74, 6) is 2.37. The fourth-order valence-corrected chi connectivity index (χ4v) is 5.30. The average molecular weight is 439 g/mol. The fraction of sp³-hybridized carbons (Fsp3) is 0.375. The van der Waals surface area contributed by atoms with E-state index in [-0.39, 0.29) is 18.7 Å². The van der Waals surface area contributed by atoms with Gasteiger partial charge in [0.15, 0.2) is 17.3 Å². The summed E-state index contributed by atoms with van der Waals surface area (Å²) in [7, 11) is 0. The van der Waals surface area contributed by atoms with Crippen molar-refractivity contribution in [3.63, 3.8) is 0 Å². The van der Waals surface area contributed by atoms with E-state index in [1.165, 1.54) is 6.26 Å². The van der Waals surface area contributed by atoms with E-state index < -0.39 is 0 Å². The molecule has 2 aliphatic rings. The molecule has 1 unspecified atom stereocenters. The largest absolute Gasteiger partial charge is 0.459 e. The molecule has 0 saturated carbocycles. The number of hydrogen-bond acceptors (Lipinski definition) is 6. The maximum atomic E-state index is 12.7. The van der Waals surface area contributed by atoms with Crippen molar-refractivity contribution in [2.45, 2.75) is 32.7 Å². The summed E-state index contributed by atoms with van der Waals surface area (Å²) in [6.07, 6.45) is 3.84. The first-order valence-corrected chi connectivity index (χ1v) is 11.5. The van der Waals surface area contributed by atoms with E-state index in [1.54, 1.807) is 23.5 Å². The van der Waals surface area contributed by atoms with Gasteiger partial charge in [0.2, 0.25) is 6.79 Å². The fourth-order valence-electron chi connectivity index (χ4n) is 4.36. The van der Waals surface area contributed by atoms with E-state index in [2.05, 4.69) is 42.3 Å². The van der Waals surface area contributed by atoms with Gasteiger partial charge in [0.05, 0.1) is 12.3 Å². The Kier molecular flexibility index (Phi) is 5.46. The third-order valence-corrected chi connectivity index (χ3v) is 7.03. The molecule has 6 nitrogen and oxygen atoms in total. The van der Waals surface area contributed by atoms with Gasteiger partial charge in [0.1, 0.15) is 5.00 Å². The second kappa shape index (κ2) is 8.40. The molecule has 1 N–H and O–H groups in total. The highest BCUT2D eigenvalue weighted by Gasteiger charge is 2.31. The highest BCUT2D eigenvalue weighted by molar-refractivity contribution is 7.16. The number of nitrogens with one attached hydrogen (secondary N) is 1. The number of piperidine rings is 1. The van der Waals surface area contributed by atoms with E-state index >= 15 is 0 Å². The molecule has 0 bridgehead atoms. The number of amides is 1. The van der Waals surface area contributed by atoms with Crippen LogP contribution in [0.15, 0.2) is 47.1 Å². The number of carbonyl (C=O) groups excluding carboxylic acids is 1. The Morgan fingerprint density at radius 2 is 1.97 bits per heavy atom. The lowest BCUT2D eigenvalue weighted by Crippen LogP contribution is -2.37. The van der Waals surface area contributed by atoms with E-state index in [9.17, 15) is 4.79 Å². The first-order valence-electron chi connectivity index (χ1n) is 10.7. The summed E-state index contributed by atoms with van der Waals surface area (Å²) in [5, 5.41) is 3.95. The molecule has 162 valence electrons.